The van der Waals surface area contributed by atoms with E-state index in [9.17, 15) is 0 Å². The number of methoxy groups -OCH3 is 1. The molecule has 0 radical (unpaired) electrons. The van der Waals surface area contributed by atoms with Gasteiger partial charge in [-0.15, -0.1) is 0 Å². The van der Waals surface area contributed by atoms with Gasteiger partial charge in [-0.1, -0.05) is 0 Å². The van der Waals surface area contributed by atoms with Crippen LogP contribution in [-0.4, -0.2) is 7.11 Å². The Labute approximate surface area is 148 Å². The van der Waals surface area contributed by atoms with Crippen molar-refractivity contribution in [3.63, 3.8) is 0 Å². The minimum atomic E-state index is -3.29. The van der Waals surface area contributed by atoms with Crippen LogP contribution < -0.4 is 15.9 Å². The summed E-state index contributed by atoms with van der Waals surface area (Å²) in [5.74, 6) is -1.24. The van der Waals surface area contributed by atoms with Gasteiger partial charge < -0.3 is 0 Å². The van der Waals surface area contributed by atoms with Gasteiger partial charge in [-0.3, -0.25) is 0 Å². The summed E-state index contributed by atoms with van der Waals surface area (Å²) in [5, 5.41) is 3.28. The average Bonchev–Trinajstić information content (AvgIpc) is 2.68. The van der Waals surface area contributed by atoms with Crippen molar-refractivity contribution in [3.8, 4) is 0 Å². The number of hydrogen-bond acceptors (Lipinski definition) is 1. The fourth-order valence-electron chi connectivity index (χ4n) is 3.04. The van der Waals surface area contributed by atoms with E-state index in [0.29, 0.717) is 0 Å². The molecule has 0 aliphatic rings. The average molecular weight is 355 g/mol. The monoisotopic (exact) mass is 354 g/mol. The van der Waals surface area contributed by atoms with Crippen molar-refractivity contribution in [2.24, 2.45) is 0 Å². The number of ether oxygens (including phenoxy) is 1. The third kappa shape index (κ3) is 2.65. The first-order chi connectivity index (χ1) is 11.7. The maximum absolute atomic E-state index is 7.72. The van der Waals surface area contributed by atoms with Crippen molar-refractivity contribution in [1.82, 2.24) is 0 Å². The molecule has 3 heteroatoms. The first-order valence-corrected chi connectivity index (χ1v) is 11.0. The van der Waals surface area contributed by atoms with Crippen molar-refractivity contribution in [2.75, 3.05) is 7.11 Å². The van der Waals surface area contributed by atoms with Crippen molar-refractivity contribution in [3.05, 3.63) is 103 Å². The molecular formula is C21H20ClOP. The van der Waals surface area contributed by atoms with Crippen LogP contribution in [0.3, 0.4) is 0 Å². The van der Waals surface area contributed by atoms with E-state index < -0.39 is 5.96 Å². The molecule has 122 valence electrons. The van der Waals surface area contributed by atoms with Crippen LogP contribution in [0.2, 0.25) is 0 Å². The van der Waals surface area contributed by atoms with E-state index >= 15 is 0 Å². The van der Waals surface area contributed by atoms with Gasteiger partial charge in [-0.25, -0.2) is 0 Å². The van der Waals surface area contributed by atoms with Crippen LogP contribution in [0, 0.1) is 0 Å². The third-order valence-corrected chi connectivity index (χ3v) is 11.0. The second-order valence-corrected chi connectivity index (χ2v) is 11.7. The van der Waals surface area contributed by atoms with Gasteiger partial charge in [0.1, 0.15) is 0 Å². The van der Waals surface area contributed by atoms with Crippen molar-refractivity contribution in [1.29, 1.82) is 0 Å². The summed E-state index contributed by atoms with van der Waals surface area (Å²) in [6.45, 7) is 0. The molecule has 0 saturated carbocycles. The summed E-state index contributed by atoms with van der Waals surface area (Å²) in [4.78, 5) is 0. The van der Waals surface area contributed by atoms with Crippen LogP contribution >= 0.6 is 17.2 Å². The number of halogens is 1. The normalized spacial score (nSPS) is 13.3. The molecule has 0 saturated heterocycles. The van der Waals surface area contributed by atoms with Crippen LogP contribution in [0.5, 0.6) is 0 Å². The number of rotatable bonds is 5. The van der Waals surface area contributed by atoms with Gasteiger partial charge in [-0.05, 0) is 0 Å². The fraction of sp³-hybridized carbons (Fsp3) is 0.0476. The summed E-state index contributed by atoms with van der Waals surface area (Å²) in [6, 6.07) is 30.8. The summed E-state index contributed by atoms with van der Waals surface area (Å²) >= 11 is 7.72. The molecule has 0 amide bonds. The van der Waals surface area contributed by atoms with Gasteiger partial charge in [0, 0.05) is 0 Å². The Balaban J connectivity index is 2.45. The molecule has 3 rings (SSSR count). The number of hydrogen-bond donors (Lipinski definition) is 0. The second-order valence-electron chi connectivity index (χ2n) is 5.60. The Hall–Kier alpha value is -2.08. The molecule has 3 aromatic rings. The van der Waals surface area contributed by atoms with E-state index in [4.69, 9.17) is 16.0 Å². The Kier molecular flexibility index (Phi) is 4.76. The van der Waals surface area contributed by atoms with E-state index in [2.05, 4.69) is 36.4 Å². The Bertz CT molecular complexity index is 717. The molecule has 0 spiro atoms. The molecule has 0 atom stereocenters. The topological polar surface area (TPSA) is 9.23 Å². The van der Waals surface area contributed by atoms with Crippen LogP contribution in [-0.2, 0) is 4.74 Å². The van der Waals surface area contributed by atoms with E-state index in [-0.39, 0.29) is 0 Å². The van der Waals surface area contributed by atoms with Crippen molar-refractivity contribution >= 4 is 33.1 Å². The quantitative estimate of drug-likeness (QED) is 0.473. The molecule has 0 unspecified atom stereocenters. The Morgan fingerprint density at radius 1 is 0.667 bits per heavy atom. The predicted octanol–water partition coefficient (Wildman–Crippen LogP) is 4.79. The van der Waals surface area contributed by atoms with Gasteiger partial charge in [0.05, 0.1) is 0 Å². The molecular weight excluding hydrogens is 335 g/mol. The fourth-order valence-corrected chi connectivity index (χ4v) is 8.22. The molecule has 24 heavy (non-hydrogen) atoms. The van der Waals surface area contributed by atoms with Gasteiger partial charge >= 0.3 is 148 Å². The molecule has 0 aromatic heterocycles. The van der Waals surface area contributed by atoms with Crippen LogP contribution in [0.25, 0.3) is 0 Å². The Morgan fingerprint density at radius 2 is 1.00 bits per heavy atom. The zero-order chi connectivity index (χ0) is 16.9. The molecule has 0 heterocycles. The molecule has 0 bridgehead atoms. The first-order valence-electron chi connectivity index (χ1n) is 7.81. The third-order valence-electron chi connectivity index (χ3n) is 4.26. The number of benzene rings is 3. The molecule has 0 N–H and O–H groups in total. The SMILES string of the molecule is COC=CP(Cl)(c1ccccc1)(c1ccccc1)c1ccccc1. The zero-order valence-corrected chi connectivity index (χ0v) is 15.2. The molecule has 0 aliphatic carbocycles. The zero-order valence-electron chi connectivity index (χ0n) is 13.5. The van der Waals surface area contributed by atoms with E-state index in [1.165, 1.54) is 0 Å². The summed E-state index contributed by atoms with van der Waals surface area (Å²) < 4.78 is 5.29. The van der Waals surface area contributed by atoms with Gasteiger partial charge in [0.15, 0.2) is 0 Å². The van der Waals surface area contributed by atoms with Crippen LogP contribution in [0.1, 0.15) is 0 Å². The van der Waals surface area contributed by atoms with E-state index in [0.717, 1.165) is 15.9 Å². The van der Waals surface area contributed by atoms with Crippen LogP contribution in [0.15, 0.2) is 103 Å². The van der Waals surface area contributed by atoms with Crippen molar-refractivity contribution < 1.29 is 4.74 Å². The summed E-state index contributed by atoms with van der Waals surface area (Å²) in [7, 11) is 1.65. The van der Waals surface area contributed by atoms with E-state index in [1.54, 1.807) is 13.4 Å². The first kappa shape index (κ1) is 16.8. The molecule has 1 nitrogen and oxygen atoms in total. The molecule has 3 aromatic carbocycles. The maximum atomic E-state index is 7.72. The van der Waals surface area contributed by atoms with Gasteiger partial charge in [0.2, 0.25) is 0 Å². The summed E-state index contributed by atoms with van der Waals surface area (Å²) in [5.41, 5.74) is 0. The Morgan fingerprint density at radius 3 is 1.29 bits per heavy atom. The van der Waals surface area contributed by atoms with Gasteiger partial charge in [0.25, 0.3) is 0 Å². The minimum absolute atomic E-state index is 1.09. The summed E-state index contributed by atoms with van der Waals surface area (Å²) in [6.07, 6.45) is 1.71. The van der Waals surface area contributed by atoms with Crippen molar-refractivity contribution in [2.45, 2.75) is 0 Å². The van der Waals surface area contributed by atoms with E-state index in [1.807, 2.05) is 60.4 Å². The molecule has 0 aliphatic heterocycles. The van der Waals surface area contributed by atoms with Crippen LogP contribution in [0.4, 0.5) is 0 Å². The standard InChI is InChI=1S/C21H20ClOP/c1-23-17-18-24(22,19-11-5-2-6-12-19,20-13-7-3-8-14-20)21-15-9-4-10-16-21/h2-18H,1H3. The van der Waals surface area contributed by atoms with Gasteiger partial charge in [-0.2, -0.15) is 0 Å². The predicted molar refractivity (Wildman–Crippen MR) is 107 cm³/mol. The molecule has 0 fully saturated rings. The second kappa shape index (κ2) is 6.81.